The molecule has 35 heavy (non-hydrogen) atoms. The van der Waals surface area contributed by atoms with Gasteiger partial charge in [-0.05, 0) is 48.9 Å². The third kappa shape index (κ3) is 6.69. The number of rotatable bonds is 11. The van der Waals surface area contributed by atoms with E-state index in [4.69, 9.17) is 4.74 Å². The highest BCUT2D eigenvalue weighted by Gasteiger charge is 2.34. The lowest BCUT2D eigenvalue weighted by Crippen LogP contribution is -2.10. The van der Waals surface area contributed by atoms with E-state index in [1.807, 2.05) is 29.6 Å². The molecule has 0 saturated heterocycles. The topological polar surface area (TPSA) is 59.9 Å². The van der Waals surface area contributed by atoms with E-state index in [-0.39, 0.29) is 12.4 Å². The zero-order chi connectivity index (χ0) is 24.7. The number of unbranched alkanes of at least 4 members (excludes halogenated alkanes) is 5. The maximum Gasteiger partial charge on any atom is 0.420 e. The van der Waals surface area contributed by atoms with E-state index < -0.39 is 11.7 Å². The summed E-state index contributed by atoms with van der Waals surface area (Å²) in [5.74, 6) is -0.148. The molecule has 9 heteroatoms. The molecule has 5 nitrogen and oxygen atoms in total. The number of halogens is 3. The van der Waals surface area contributed by atoms with Gasteiger partial charge in [0.15, 0.2) is 5.13 Å². The van der Waals surface area contributed by atoms with Crippen molar-refractivity contribution >= 4 is 33.2 Å². The Bertz CT molecular complexity index is 1260. The molecule has 0 atom stereocenters. The van der Waals surface area contributed by atoms with Crippen LogP contribution in [0.4, 0.5) is 24.0 Å². The second kappa shape index (κ2) is 11.5. The number of fused-ring (bicyclic) bond motifs is 1. The first-order chi connectivity index (χ1) is 16.9. The number of benzene rings is 1. The van der Waals surface area contributed by atoms with Crippen LogP contribution in [0, 0.1) is 0 Å². The van der Waals surface area contributed by atoms with Crippen molar-refractivity contribution in [3.8, 4) is 17.1 Å². The van der Waals surface area contributed by atoms with Crippen LogP contribution >= 0.6 is 11.3 Å². The molecule has 4 rings (SSSR count). The lowest BCUT2D eigenvalue weighted by molar-refractivity contribution is -0.138. The first-order valence-corrected chi connectivity index (χ1v) is 12.6. The summed E-state index contributed by atoms with van der Waals surface area (Å²) in [5.41, 5.74) is 2.33. The van der Waals surface area contributed by atoms with Gasteiger partial charge in [-0.15, -0.1) is 11.3 Å². The van der Waals surface area contributed by atoms with Gasteiger partial charge in [0.1, 0.15) is 11.4 Å². The molecule has 3 heterocycles. The van der Waals surface area contributed by atoms with Crippen molar-refractivity contribution in [3.63, 3.8) is 0 Å². The first-order valence-electron chi connectivity index (χ1n) is 11.7. The summed E-state index contributed by atoms with van der Waals surface area (Å²) >= 11 is 1.30. The fourth-order valence-corrected chi connectivity index (χ4v) is 4.42. The molecular formula is C26H27F3N4OS. The lowest BCUT2D eigenvalue weighted by Gasteiger charge is -2.15. The predicted octanol–water partition coefficient (Wildman–Crippen LogP) is 8.26. The van der Waals surface area contributed by atoms with Crippen molar-refractivity contribution in [2.45, 2.75) is 51.6 Å². The van der Waals surface area contributed by atoms with Gasteiger partial charge in [-0.3, -0.25) is 4.98 Å². The Kier molecular flexibility index (Phi) is 8.17. The normalized spacial score (nSPS) is 11.7. The third-order valence-corrected chi connectivity index (χ3v) is 6.27. The fraction of sp³-hybridized carbons (Fsp3) is 0.346. The van der Waals surface area contributed by atoms with Crippen molar-refractivity contribution in [2.24, 2.45) is 0 Å². The molecule has 1 N–H and O–H groups in total. The van der Waals surface area contributed by atoms with Crippen LogP contribution in [0.15, 0.2) is 54.0 Å². The van der Waals surface area contributed by atoms with Crippen molar-refractivity contribution < 1.29 is 17.9 Å². The van der Waals surface area contributed by atoms with Crippen LogP contribution in [0.2, 0.25) is 0 Å². The standard InChI is InChI=1S/C26H27F3N4OS/c1-2-3-4-5-6-7-15-34-24-13-10-18(16-19(24)26(27,28)29)31-25-33-23(17-35-25)22-12-11-20-21(32-22)9-8-14-30-20/h8-14,16-17H,2-7,15H2,1H3,(H,31,33). The smallest absolute Gasteiger partial charge is 0.420 e. The maximum atomic E-state index is 13.7. The summed E-state index contributed by atoms with van der Waals surface area (Å²) in [6.45, 7) is 2.42. The highest BCUT2D eigenvalue weighted by atomic mass is 32.1. The number of nitrogens with one attached hydrogen (secondary N) is 1. The number of aromatic nitrogens is 3. The van der Waals surface area contributed by atoms with Gasteiger partial charge in [-0.2, -0.15) is 13.2 Å². The number of nitrogens with zero attached hydrogens (tertiary/aromatic N) is 3. The van der Waals surface area contributed by atoms with Gasteiger partial charge in [0.2, 0.25) is 0 Å². The second-order valence-electron chi connectivity index (χ2n) is 8.23. The van der Waals surface area contributed by atoms with E-state index >= 15 is 0 Å². The molecule has 0 aliphatic rings. The summed E-state index contributed by atoms with van der Waals surface area (Å²) in [4.78, 5) is 13.3. The Morgan fingerprint density at radius 1 is 0.914 bits per heavy atom. The fourth-order valence-electron chi connectivity index (χ4n) is 3.69. The molecule has 4 aromatic rings. The number of hydrogen-bond donors (Lipinski definition) is 1. The van der Waals surface area contributed by atoms with Crippen LogP contribution in [0.1, 0.15) is 51.0 Å². The molecule has 0 unspecified atom stereocenters. The van der Waals surface area contributed by atoms with E-state index in [0.29, 0.717) is 22.2 Å². The van der Waals surface area contributed by atoms with Crippen molar-refractivity contribution in [2.75, 3.05) is 11.9 Å². The average molecular weight is 501 g/mol. The first kappa shape index (κ1) is 24.9. The monoisotopic (exact) mass is 500 g/mol. The number of ether oxygens (including phenoxy) is 1. The summed E-state index contributed by atoms with van der Waals surface area (Å²) < 4.78 is 46.6. The molecule has 0 amide bonds. The SMILES string of the molecule is CCCCCCCCOc1ccc(Nc2nc(-c3ccc4ncccc4n3)cs2)cc1C(F)(F)F. The summed E-state index contributed by atoms with van der Waals surface area (Å²) in [5, 5.41) is 5.27. The molecule has 0 bridgehead atoms. The van der Waals surface area contributed by atoms with Crippen molar-refractivity contribution in [3.05, 3.63) is 59.6 Å². The zero-order valence-corrected chi connectivity index (χ0v) is 20.3. The molecule has 3 aromatic heterocycles. The van der Waals surface area contributed by atoms with Gasteiger partial charge < -0.3 is 10.1 Å². The summed E-state index contributed by atoms with van der Waals surface area (Å²) in [7, 11) is 0. The van der Waals surface area contributed by atoms with Crippen LogP contribution in [0.25, 0.3) is 22.4 Å². The van der Waals surface area contributed by atoms with Gasteiger partial charge in [-0.25, -0.2) is 9.97 Å². The van der Waals surface area contributed by atoms with Gasteiger partial charge in [0.05, 0.1) is 28.9 Å². The van der Waals surface area contributed by atoms with Gasteiger partial charge in [0, 0.05) is 17.3 Å². The minimum Gasteiger partial charge on any atom is -0.493 e. The van der Waals surface area contributed by atoms with E-state index in [1.54, 1.807) is 12.3 Å². The highest BCUT2D eigenvalue weighted by molar-refractivity contribution is 7.14. The predicted molar refractivity (Wildman–Crippen MR) is 134 cm³/mol. The second-order valence-corrected chi connectivity index (χ2v) is 9.08. The van der Waals surface area contributed by atoms with Crippen LogP contribution in [0.3, 0.4) is 0 Å². The van der Waals surface area contributed by atoms with Gasteiger partial charge in [0.25, 0.3) is 0 Å². The number of pyridine rings is 2. The van der Waals surface area contributed by atoms with Crippen molar-refractivity contribution in [1.29, 1.82) is 0 Å². The minimum atomic E-state index is -4.52. The molecule has 0 spiro atoms. The molecule has 0 aliphatic heterocycles. The Morgan fingerprint density at radius 3 is 2.57 bits per heavy atom. The molecular weight excluding hydrogens is 473 g/mol. The van der Waals surface area contributed by atoms with E-state index in [2.05, 4.69) is 27.2 Å². The minimum absolute atomic E-state index is 0.148. The average Bonchev–Trinajstić information content (AvgIpc) is 3.31. The molecule has 1 aromatic carbocycles. The number of anilines is 2. The summed E-state index contributed by atoms with van der Waals surface area (Å²) in [6.07, 6.45) is 3.44. The Balaban J connectivity index is 1.43. The van der Waals surface area contributed by atoms with Gasteiger partial charge in [-0.1, -0.05) is 39.0 Å². The van der Waals surface area contributed by atoms with Crippen molar-refractivity contribution in [1.82, 2.24) is 15.0 Å². The zero-order valence-electron chi connectivity index (χ0n) is 19.4. The maximum absolute atomic E-state index is 13.7. The molecule has 0 radical (unpaired) electrons. The molecule has 184 valence electrons. The Labute approximate surface area is 206 Å². The Hall–Kier alpha value is -3.20. The quantitative estimate of drug-likeness (QED) is 0.210. The number of thiazole rings is 1. The summed E-state index contributed by atoms with van der Waals surface area (Å²) in [6, 6.07) is 11.4. The van der Waals surface area contributed by atoms with Crippen LogP contribution in [-0.4, -0.2) is 21.6 Å². The van der Waals surface area contributed by atoms with Gasteiger partial charge >= 0.3 is 6.18 Å². The number of hydrogen-bond acceptors (Lipinski definition) is 6. The molecule has 0 aliphatic carbocycles. The lowest BCUT2D eigenvalue weighted by atomic mass is 10.1. The highest BCUT2D eigenvalue weighted by Crippen LogP contribution is 2.39. The van der Waals surface area contributed by atoms with E-state index in [1.165, 1.54) is 23.8 Å². The van der Waals surface area contributed by atoms with E-state index in [9.17, 15) is 13.2 Å². The third-order valence-electron chi connectivity index (χ3n) is 5.51. The Morgan fingerprint density at radius 2 is 1.74 bits per heavy atom. The van der Waals surface area contributed by atoms with E-state index in [0.717, 1.165) is 49.2 Å². The number of alkyl halides is 3. The molecule has 0 saturated carbocycles. The van der Waals surface area contributed by atoms with Crippen LogP contribution in [-0.2, 0) is 6.18 Å². The van der Waals surface area contributed by atoms with Crippen LogP contribution in [0.5, 0.6) is 5.75 Å². The largest absolute Gasteiger partial charge is 0.493 e. The van der Waals surface area contributed by atoms with Crippen LogP contribution < -0.4 is 10.1 Å². The molecule has 0 fully saturated rings.